The minimum Gasteiger partial charge on any atom is -0.465 e. The van der Waals surface area contributed by atoms with E-state index in [9.17, 15) is 9.59 Å². The average molecular weight is 265 g/mol. The van der Waals surface area contributed by atoms with Crippen LogP contribution in [0.4, 0.5) is 0 Å². The van der Waals surface area contributed by atoms with Gasteiger partial charge in [0.05, 0.1) is 11.9 Å². The van der Waals surface area contributed by atoms with Crippen LogP contribution in [0.15, 0.2) is 29.2 Å². The van der Waals surface area contributed by atoms with Gasteiger partial charge in [-0.1, -0.05) is 18.2 Å². The molecule has 1 aliphatic rings. The minimum absolute atomic E-state index is 0.0555. The van der Waals surface area contributed by atoms with Crippen LogP contribution in [0.1, 0.15) is 12.5 Å². The Balaban J connectivity index is 1.84. The predicted molar refractivity (Wildman–Crippen MR) is 69.4 cm³/mol. The molecule has 0 aliphatic carbocycles. The summed E-state index contributed by atoms with van der Waals surface area (Å²) in [7, 11) is 0. The molecule has 0 radical (unpaired) electrons. The standard InChI is InChI=1S/C13H15NO3S/c1-2-17-12(15)8-14-13(16)11-7-9-5-3-4-6-10(9)18-11/h3-6,11H,2,7-8H2,1H3,(H,14,16). The summed E-state index contributed by atoms with van der Waals surface area (Å²) in [6.45, 7) is 2.02. The molecular formula is C13H15NO3S. The van der Waals surface area contributed by atoms with E-state index in [4.69, 9.17) is 4.74 Å². The zero-order valence-electron chi connectivity index (χ0n) is 10.1. The molecule has 0 spiro atoms. The van der Waals surface area contributed by atoms with Crippen molar-refractivity contribution in [3.05, 3.63) is 29.8 Å². The highest BCUT2D eigenvalue weighted by Gasteiger charge is 2.27. The van der Waals surface area contributed by atoms with Gasteiger partial charge in [0.2, 0.25) is 5.91 Å². The molecule has 1 aromatic carbocycles. The Morgan fingerprint density at radius 2 is 2.22 bits per heavy atom. The molecule has 5 heteroatoms. The Kier molecular flexibility index (Phi) is 4.25. The number of amides is 1. The van der Waals surface area contributed by atoms with E-state index in [1.54, 1.807) is 18.7 Å². The molecular weight excluding hydrogens is 250 g/mol. The Labute approximate surface area is 110 Å². The summed E-state index contributed by atoms with van der Waals surface area (Å²) in [5.74, 6) is -0.504. The maximum absolute atomic E-state index is 11.9. The first-order chi connectivity index (χ1) is 8.70. The number of hydrogen-bond donors (Lipinski definition) is 1. The number of fused-ring (bicyclic) bond motifs is 1. The highest BCUT2D eigenvalue weighted by atomic mass is 32.2. The molecule has 1 N–H and O–H groups in total. The number of esters is 1. The lowest BCUT2D eigenvalue weighted by atomic mass is 10.1. The highest BCUT2D eigenvalue weighted by Crippen LogP contribution is 2.36. The number of ether oxygens (including phenoxy) is 1. The summed E-state index contributed by atoms with van der Waals surface area (Å²) in [4.78, 5) is 24.2. The maximum atomic E-state index is 11.9. The van der Waals surface area contributed by atoms with Gasteiger partial charge in [-0.05, 0) is 25.0 Å². The third-order valence-corrected chi connectivity index (χ3v) is 3.97. The van der Waals surface area contributed by atoms with Gasteiger partial charge >= 0.3 is 5.97 Å². The molecule has 4 nitrogen and oxygen atoms in total. The minimum atomic E-state index is -0.397. The van der Waals surface area contributed by atoms with Crippen molar-refractivity contribution in [1.29, 1.82) is 0 Å². The monoisotopic (exact) mass is 265 g/mol. The van der Waals surface area contributed by atoms with Gasteiger partial charge in [0.25, 0.3) is 0 Å². The van der Waals surface area contributed by atoms with Crippen molar-refractivity contribution in [2.45, 2.75) is 23.5 Å². The van der Waals surface area contributed by atoms with Gasteiger partial charge in [-0.2, -0.15) is 0 Å². The third kappa shape index (κ3) is 3.04. The summed E-state index contributed by atoms with van der Waals surface area (Å²) in [6, 6.07) is 7.97. The molecule has 0 fully saturated rings. The van der Waals surface area contributed by atoms with Crippen molar-refractivity contribution in [3.63, 3.8) is 0 Å². The van der Waals surface area contributed by atoms with E-state index in [0.717, 1.165) is 11.3 Å². The van der Waals surface area contributed by atoms with E-state index < -0.39 is 5.97 Å². The van der Waals surface area contributed by atoms with E-state index in [-0.39, 0.29) is 17.7 Å². The van der Waals surface area contributed by atoms with Gasteiger partial charge < -0.3 is 10.1 Å². The largest absolute Gasteiger partial charge is 0.465 e. The number of hydrogen-bond acceptors (Lipinski definition) is 4. The SMILES string of the molecule is CCOC(=O)CNC(=O)C1Cc2ccccc2S1. The quantitative estimate of drug-likeness (QED) is 0.836. The second kappa shape index (κ2) is 5.91. The number of thioether (sulfide) groups is 1. The molecule has 0 saturated heterocycles. The predicted octanol–water partition coefficient (Wildman–Crippen LogP) is 1.38. The zero-order chi connectivity index (χ0) is 13.0. The first-order valence-corrected chi connectivity index (χ1v) is 6.76. The zero-order valence-corrected chi connectivity index (χ0v) is 11.0. The second-order valence-corrected chi connectivity index (χ2v) is 5.19. The number of nitrogens with one attached hydrogen (secondary N) is 1. The normalized spacial score (nSPS) is 17.1. The van der Waals surface area contributed by atoms with Crippen molar-refractivity contribution < 1.29 is 14.3 Å². The molecule has 1 unspecified atom stereocenters. The molecule has 2 rings (SSSR count). The van der Waals surface area contributed by atoms with Gasteiger partial charge in [-0.25, -0.2) is 0 Å². The first kappa shape index (κ1) is 13.0. The number of benzene rings is 1. The van der Waals surface area contributed by atoms with Crippen LogP contribution in [0.25, 0.3) is 0 Å². The first-order valence-electron chi connectivity index (χ1n) is 5.88. The molecule has 1 amide bonds. The second-order valence-electron chi connectivity index (χ2n) is 3.94. The topological polar surface area (TPSA) is 55.4 Å². The summed E-state index contributed by atoms with van der Waals surface area (Å²) in [5, 5.41) is 2.47. The maximum Gasteiger partial charge on any atom is 0.325 e. The summed E-state index contributed by atoms with van der Waals surface area (Å²) < 4.78 is 4.76. The number of carbonyl (C=O) groups is 2. The van der Waals surface area contributed by atoms with Crippen LogP contribution in [0.2, 0.25) is 0 Å². The van der Waals surface area contributed by atoms with Crippen LogP contribution in [0.3, 0.4) is 0 Å². The van der Waals surface area contributed by atoms with Gasteiger partial charge in [0.15, 0.2) is 0 Å². The van der Waals surface area contributed by atoms with Crippen LogP contribution in [-0.4, -0.2) is 30.3 Å². The van der Waals surface area contributed by atoms with Crippen molar-refractivity contribution in [2.75, 3.05) is 13.2 Å². The average Bonchev–Trinajstić information content (AvgIpc) is 2.80. The van der Waals surface area contributed by atoms with Crippen LogP contribution in [-0.2, 0) is 20.7 Å². The fourth-order valence-electron chi connectivity index (χ4n) is 1.81. The molecule has 18 heavy (non-hydrogen) atoms. The van der Waals surface area contributed by atoms with Crippen molar-refractivity contribution >= 4 is 23.6 Å². The van der Waals surface area contributed by atoms with E-state index in [1.807, 2.05) is 24.3 Å². The van der Waals surface area contributed by atoms with Gasteiger partial charge in [0.1, 0.15) is 6.54 Å². The number of rotatable bonds is 4. The Morgan fingerprint density at radius 3 is 2.94 bits per heavy atom. The van der Waals surface area contributed by atoms with Crippen LogP contribution in [0.5, 0.6) is 0 Å². The van der Waals surface area contributed by atoms with Gasteiger partial charge in [0, 0.05) is 4.90 Å². The number of carbonyl (C=O) groups excluding carboxylic acids is 2. The lowest BCUT2D eigenvalue weighted by Crippen LogP contribution is -2.36. The summed E-state index contributed by atoms with van der Waals surface area (Å²) in [6.07, 6.45) is 0.718. The van der Waals surface area contributed by atoms with Crippen molar-refractivity contribution in [1.82, 2.24) is 5.32 Å². The van der Waals surface area contributed by atoms with E-state index in [2.05, 4.69) is 5.32 Å². The fourth-order valence-corrected chi connectivity index (χ4v) is 3.03. The van der Waals surface area contributed by atoms with E-state index in [0.29, 0.717) is 6.61 Å². The Morgan fingerprint density at radius 1 is 1.44 bits per heavy atom. The van der Waals surface area contributed by atoms with Gasteiger partial charge in [-0.3, -0.25) is 9.59 Å². The molecule has 0 aromatic heterocycles. The highest BCUT2D eigenvalue weighted by molar-refractivity contribution is 8.01. The lowest BCUT2D eigenvalue weighted by Gasteiger charge is -2.09. The molecule has 1 atom stereocenters. The Bertz CT molecular complexity index is 436. The fraction of sp³-hybridized carbons (Fsp3) is 0.385. The van der Waals surface area contributed by atoms with Crippen molar-refractivity contribution in [2.24, 2.45) is 0 Å². The van der Waals surface area contributed by atoms with Crippen molar-refractivity contribution in [3.8, 4) is 0 Å². The van der Waals surface area contributed by atoms with Crippen LogP contribution >= 0.6 is 11.8 Å². The van der Waals surface area contributed by atoms with Gasteiger partial charge in [-0.15, -0.1) is 11.8 Å². The Hall–Kier alpha value is -1.49. The molecule has 96 valence electrons. The van der Waals surface area contributed by atoms with E-state index >= 15 is 0 Å². The molecule has 1 aromatic rings. The van der Waals surface area contributed by atoms with Crippen LogP contribution < -0.4 is 5.32 Å². The molecule has 0 bridgehead atoms. The summed E-state index contributed by atoms with van der Waals surface area (Å²) >= 11 is 1.55. The molecule has 0 saturated carbocycles. The van der Waals surface area contributed by atoms with Crippen LogP contribution in [0, 0.1) is 0 Å². The molecule has 1 aliphatic heterocycles. The lowest BCUT2D eigenvalue weighted by molar-refractivity contribution is -0.143. The van der Waals surface area contributed by atoms with E-state index in [1.165, 1.54) is 5.56 Å². The molecule has 1 heterocycles. The summed E-state index contributed by atoms with van der Waals surface area (Å²) in [5.41, 5.74) is 1.19. The third-order valence-electron chi connectivity index (χ3n) is 2.65. The smallest absolute Gasteiger partial charge is 0.325 e.